The van der Waals surface area contributed by atoms with Gasteiger partial charge < -0.3 is 9.80 Å². The second-order valence-electron chi connectivity index (χ2n) is 6.52. The van der Waals surface area contributed by atoms with Crippen molar-refractivity contribution in [2.75, 3.05) is 26.2 Å². The molecule has 1 aromatic carbocycles. The Bertz CT molecular complexity index is 695. The molecule has 2 amide bonds. The summed E-state index contributed by atoms with van der Waals surface area (Å²) in [6.45, 7) is 2.73. The molecule has 2 heterocycles. The molecule has 0 atom stereocenters. The van der Waals surface area contributed by atoms with Crippen LogP contribution < -0.4 is 0 Å². The van der Waals surface area contributed by atoms with Crippen molar-refractivity contribution in [3.63, 3.8) is 0 Å². The van der Waals surface area contributed by atoms with Crippen LogP contribution in [-0.4, -0.2) is 52.7 Å². The molecule has 0 radical (unpaired) electrons. The van der Waals surface area contributed by atoms with Crippen LogP contribution in [0, 0.1) is 19.6 Å². The van der Waals surface area contributed by atoms with Gasteiger partial charge in [0, 0.05) is 47.8 Å². The van der Waals surface area contributed by atoms with Crippen molar-refractivity contribution in [2.45, 2.75) is 25.7 Å². The Kier molecular flexibility index (Phi) is 5.55. The quantitative estimate of drug-likeness (QED) is 0.397. The van der Waals surface area contributed by atoms with Crippen LogP contribution in [0.1, 0.15) is 36.0 Å². The number of halogens is 1. The Morgan fingerprint density at radius 3 is 2.32 bits per heavy atom. The first-order valence-corrected chi connectivity index (χ1v) is 9.57. The zero-order valence-electron chi connectivity index (χ0n) is 13.8. The minimum Gasteiger partial charge on any atom is -0.342 e. The summed E-state index contributed by atoms with van der Waals surface area (Å²) in [5.74, 6) is 0.0148. The zero-order valence-corrected chi connectivity index (χ0v) is 16.0. The lowest BCUT2D eigenvalue weighted by Gasteiger charge is -2.33. The maximum Gasteiger partial charge on any atom is 0.270 e. The van der Waals surface area contributed by atoms with E-state index in [0.717, 1.165) is 25.9 Å². The van der Waals surface area contributed by atoms with Gasteiger partial charge in [-0.2, -0.15) is 0 Å². The Morgan fingerprint density at radius 2 is 1.72 bits per heavy atom. The summed E-state index contributed by atoms with van der Waals surface area (Å²) in [5, 5.41) is 10.9. The molecule has 0 bridgehead atoms. The van der Waals surface area contributed by atoms with Crippen LogP contribution in [0.25, 0.3) is 0 Å². The van der Waals surface area contributed by atoms with E-state index in [1.54, 1.807) is 11.0 Å². The number of nitro groups is 1. The van der Waals surface area contributed by atoms with Crippen LogP contribution in [0.4, 0.5) is 5.69 Å². The molecule has 0 N–H and O–H groups in total. The summed E-state index contributed by atoms with van der Waals surface area (Å²) in [7, 11) is 0. The third-order valence-electron chi connectivity index (χ3n) is 4.94. The molecule has 7 nitrogen and oxygen atoms in total. The minimum atomic E-state index is -0.492. The highest BCUT2D eigenvalue weighted by Crippen LogP contribution is 2.26. The van der Waals surface area contributed by atoms with Gasteiger partial charge in [-0.05, 0) is 54.3 Å². The molecular formula is C17H20IN3O4. The third-order valence-corrected chi connectivity index (χ3v) is 5.88. The molecule has 0 saturated carbocycles. The van der Waals surface area contributed by atoms with Gasteiger partial charge in [0.1, 0.15) is 0 Å². The van der Waals surface area contributed by atoms with Crippen LogP contribution >= 0.6 is 22.6 Å². The minimum absolute atomic E-state index is 0.00803. The van der Waals surface area contributed by atoms with Crippen molar-refractivity contribution in [3.8, 4) is 0 Å². The second-order valence-corrected chi connectivity index (χ2v) is 7.68. The van der Waals surface area contributed by atoms with Crippen molar-refractivity contribution < 1.29 is 14.5 Å². The van der Waals surface area contributed by atoms with Crippen LogP contribution in [-0.2, 0) is 4.79 Å². The number of carbonyl (C=O) groups excluding carboxylic acids is 2. The van der Waals surface area contributed by atoms with Gasteiger partial charge in [0.25, 0.3) is 11.6 Å². The Morgan fingerprint density at radius 1 is 1.08 bits per heavy atom. The molecule has 0 aliphatic carbocycles. The number of carbonyl (C=O) groups is 2. The highest BCUT2D eigenvalue weighted by molar-refractivity contribution is 14.1. The molecule has 0 spiro atoms. The molecule has 2 saturated heterocycles. The summed E-state index contributed by atoms with van der Waals surface area (Å²) in [6, 6.07) is 4.33. The van der Waals surface area contributed by atoms with E-state index < -0.39 is 4.92 Å². The average Bonchev–Trinajstić information content (AvgIpc) is 3.15. The van der Waals surface area contributed by atoms with Gasteiger partial charge in [0.15, 0.2) is 0 Å². The van der Waals surface area contributed by atoms with Crippen molar-refractivity contribution in [1.29, 1.82) is 0 Å². The van der Waals surface area contributed by atoms with Crippen LogP contribution in [0.5, 0.6) is 0 Å². The number of nitro benzene ring substituents is 1. The lowest BCUT2D eigenvalue weighted by molar-refractivity contribution is -0.384. The average molecular weight is 457 g/mol. The third kappa shape index (κ3) is 3.94. The highest BCUT2D eigenvalue weighted by Gasteiger charge is 2.32. The lowest BCUT2D eigenvalue weighted by Crippen LogP contribution is -2.43. The summed E-state index contributed by atoms with van der Waals surface area (Å²) in [6.07, 6.45) is 3.47. The van der Waals surface area contributed by atoms with Gasteiger partial charge in [0.2, 0.25) is 5.91 Å². The normalized spacial score (nSPS) is 18.4. The number of piperidine rings is 1. The van der Waals surface area contributed by atoms with Crippen LogP contribution in [0.2, 0.25) is 0 Å². The molecule has 8 heteroatoms. The van der Waals surface area contributed by atoms with E-state index in [1.807, 2.05) is 27.5 Å². The second kappa shape index (κ2) is 7.67. The monoisotopic (exact) mass is 457 g/mol. The van der Waals surface area contributed by atoms with Crippen molar-refractivity contribution >= 4 is 40.1 Å². The van der Waals surface area contributed by atoms with E-state index >= 15 is 0 Å². The molecule has 2 aliphatic heterocycles. The molecule has 134 valence electrons. The van der Waals surface area contributed by atoms with E-state index in [-0.39, 0.29) is 23.4 Å². The van der Waals surface area contributed by atoms with Crippen molar-refractivity contribution in [3.05, 3.63) is 37.4 Å². The number of non-ortho nitro benzene ring substituents is 1. The Labute approximate surface area is 159 Å². The SMILES string of the molecule is O=C(c1cc([N+](=O)[O-])ccc1I)N1CCC(C(=O)N2CCCC2)CC1. The number of hydrogen-bond donors (Lipinski definition) is 0. The number of rotatable bonds is 3. The van der Waals surface area contributed by atoms with Crippen LogP contribution in [0.15, 0.2) is 18.2 Å². The molecule has 2 aliphatic rings. The highest BCUT2D eigenvalue weighted by atomic mass is 127. The first-order chi connectivity index (χ1) is 12.0. The van der Waals surface area contributed by atoms with Gasteiger partial charge in [-0.1, -0.05) is 0 Å². The van der Waals surface area contributed by atoms with E-state index in [9.17, 15) is 19.7 Å². The van der Waals surface area contributed by atoms with E-state index in [2.05, 4.69) is 0 Å². The fourth-order valence-electron chi connectivity index (χ4n) is 3.49. The maximum atomic E-state index is 12.7. The molecule has 25 heavy (non-hydrogen) atoms. The Hall–Kier alpha value is -1.71. The molecular weight excluding hydrogens is 437 g/mol. The Balaban J connectivity index is 1.64. The number of likely N-dealkylation sites (tertiary alicyclic amines) is 2. The largest absolute Gasteiger partial charge is 0.342 e. The lowest BCUT2D eigenvalue weighted by atomic mass is 9.95. The van der Waals surface area contributed by atoms with Gasteiger partial charge in [-0.15, -0.1) is 0 Å². The van der Waals surface area contributed by atoms with Crippen molar-refractivity contribution in [2.24, 2.45) is 5.92 Å². The topological polar surface area (TPSA) is 83.8 Å². The van der Waals surface area contributed by atoms with Crippen LogP contribution in [0.3, 0.4) is 0 Å². The number of hydrogen-bond acceptors (Lipinski definition) is 4. The van der Waals surface area contributed by atoms with E-state index in [0.29, 0.717) is 35.1 Å². The first kappa shape index (κ1) is 18.1. The molecule has 1 aromatic rings. The first-order valence-electron chi connectivity index (χ1n) is 8.49. The molecule has 0 aromatic heterocycles. The molecule has 3 rings (SSSR count). The zero-order chi connectivity index (χ0) is 18.0. The predicted molar refractivity (Wildman–Crippen MR) is 100 cm³/mol. The smallest absolute Gasteiger partial charge is 0.270 e. The maximum absolute atomic E-state index is 12.7. The summed E-state index contributed by atoms with van der Waals surface area (Å²) in [5.41, 5.74) is 0.280. The fourth-order valence-corrected chi connectivity index (χ4v) is 4.05. The summed E-state index contributed by atoms with van der Waals surface area (Å²) in [4.78, 5) is 39.3. The van der Waals surface area contributed by atoms with Gasteiger partial charge in [-0.3, -0.25) is 19.7 Å². The molecule has 0 unspecified atom stereocenters. The van der Waals surface area contributed by atoms with E-state index in [1.165, 1.54) is 12.1 Å². The predicted octanol–water partition coefficient (Wildman–Crippen LogP) is 2.67. The fraction of sp³-hybridized carbons (Fsp3) is 0.529. The van der Waals surface area contributed by atoms with Gasteiger partial charge >= 0.3 is 0 Å². The van der Waals surface area contributed by atoms with Gasteiger partial charge in [0.05, 0.1) is 10.5 Å². The molecule has 2 fully saturated rings. The standard InChI is InChI=1S/C17H20IN3O4/c18-15-4-3-13(21(24)25)11-14(15)17(23)20-9-5-12(6-10-20)16(22)19-7-1-2-8-19/h3-4,11-12H,1-2,5-10H2. The summed E-state index contributed by atoms with van der Waals surface area (Å²) >= 11 is 2.02. The number of benzene rings is 1. The number of nitrogens with zero attached hydrogens (tertiary/aromatic N) is 3. The summed E-state index contributed by atoms with van der Waals surface area (Å²) < 4.78 is 0.698. The van der Waals surface area contributed by atoms with Gasteiger partial charge in [-0.25, -0.2) is 0 Å². The van der Waals surface area contributed by atoms with E-state index in [4.69, 9.17) is 0 Å². The van der Waals surface area contributed by atoms with Crippen molar-refractivity contribution in [1.82, 2.24) is 9.80 Å². The number of amides is 2.